The lowest BCUT2D eigenvalue weighted by Crippen LogP contribution is -2.04. The van der Waals surface area contributed by atoms with E-state index in [4.69, 9.17) is 5.41 Å². The summed E-state index contributed by atoms with van der Waals surface area (Å²) >= 11 is 5.92. The van der Waals surface area contributed by atoms with Gasteiger partial charge in [0.25, 0.3) is 5.69 Å². The number of benzene rings is 2. The largest absolute Gasteiger partial charge is 0.325 e. The van der Waals surface area contributed by atoms with Crippen LogP contribution in [-0.2, 0) is 16.4 Å². The molecule has 0 spiro atoms. The van der Waals surface area contributed by atoms with Crippen LogP contribution in [0.4, 0.5) is 10.1 Å². The molecule has 33 heavy (non-hydrogen) atoms. The number of nitrogens with one attached hydrogen (secondary N) is 1. The van der Waals surface area contributed by atoms with Crippen molar-refractivity contribution in [1.29, 1.82) is 5.41 Å². The monoisotopic (exact) mass is 568 g/mol. The summed E-state index contributed by atoms with van der Waals surface area (Å²) in [5, 5.41) is 18.5. The number of nitrogens with zero attached hydrogens (tertiary/aromatic N) is 3. The third-order valence-corrected chi connectivity index (χ3v) is 9.67. The second-order valence-corrected chi connectivity index (χ2v) is 11.8. The van der Waals surface area contributed by atoms with Crippen LogP contribution in [0.25, 0.3) is 11.0 Å². The number of hydrogen-bond donors (Lipinski definition) is 1. The molecule has 0 saturated heterocycles. The standard InChI is InChI=1S/C20H14BrFN4O4S3/c1-31-20-18(5-13(8-23)32-20)33(29,30)14-6-15(21)19-17(7-14)24-10-25(19)9-11-4-12(26(27)28)2-3-16(11)22/h2-8,10,23H,9H2,1H3. The smallest absolute Gasteiger partial charge is 0.269 e. The molecule has 2 heterocycles. The molecule has 0 radical (unpaired) electrons. The number of non-ortho nitro benzene ring substituents is 1. The Balaban J connectivity index is 1.78. The summed E-state index contributed by atoms with van der Waals surface area (Å²) in [6, 6.07) is 7.65. The van der Waals surface area contributed by atoms with E-state index in [-0.39, 0.29) is 27.6 Å². The lowest BCUT2D eigenvalue weighted by Gasteiger charge is -2.09. The van der Waals surface area contributed by atoms with Crippen molar-refractivity contribution in [3.05, 3.63) is 73.6 Å². The van der Waals surface area contributed by atoms with Crippen LogP contribution in [0.5, 0.6) is 0 Å². The van der Waals surface area contributed by atoms with Crippen LogP contribution in [0.2, 0.25) is 0 Å². The third kappa shape index (κ3) is 4.33. The predicted molar refractivity (Wildman–Crippen MR) is 129 cm³/mol. The van der Waals surface area contributed by atoms with E-state index in [1.165, 1.54) is 47.6 Å². The number of nitro benzene ring substituents is 1. The topological polar surface area (TPSA) is 119 Å². The third-order valence-electron chi connectivity index (χ3n) is 4.83. The minimum atomic E-state index is -3.88. The Labute approximate surface area is 204 Å². The van der Waals surface area contributed by atoms with Gasteiger partial charge in [-0.2, -0.15) is 0 Å². The van der Waals surface area contributed by atoms with Crippen molar-refractivity contribution >= 4 is 71.8 Å². The molecular weight excluding hydrogens is 555 g/mol. The first kappa shape index (κ1) is 23.5. The van der Waals surface area contributed by atoms with Crippen LogP contribution in [0.15, 0.2) is 61.2 Å². The molecule has 170 valence electrons. The summed E-state index contributed by atoms with van der Waals surface area (Å²) in [5.74, 6) is -0.596. The van der Waals surface area contributed by atoms with Gasteiger partial charge in [0.1, 0.15) is 5.82 Å². The van der Waals surface area contributed by atoms with Crippen molar-refractivity contribution in [2.24, 2.45) is 0 Å². The fraction of sp³-hybridized carbons (Fsp3) is 0.100. The summed E-state index contributed by atoms with van der Waals surface area (Å²) in [6.45, 7) is -0.0292. The van der Waals surface area contributed by atoms with Gasteiger partial charge in [-0.25, -0.2) is 17.8 Å². The molecule has 0 unspecified atom stereocenters. The van der Waals surface area contributed by atoms with E-state index in [2.05, 4.69) is 20.9 Å². The number of hydrogen-bond acceptors (Lipinski definition) is 8. The van der Waals surface area contributed by atoms with Gasteiger partial charge in [0.15, 0.2) is 0 Å². The van der Waals surface area contributed by atoms with Gasteiger partial charge in [-0.1, -0.05) is 0 Å². The summed E-state index contributed by atoms with van der Waals surface area (Å²) in [4.78, 5) is 15.4. The summed E-state index contributed by atoms with van der Waals surface area (Å²) in [5.41, 5.74) is 0.763. The molecule has 2 aromatic heterocycles. The Hall–Kier alpha value is -2.61. The minimum Gasteiger partial charge on any atom is -0.325 e. The molecule has 0 fully saturated rings. The molecular formula is C20H14BrFN4O4S3. The Morgan fingerprint density at radius 3 is 2.76 bits per heavy atom. The highest BCUT2D eigenvalue weighted by atomic mass is 79.9. The lowest BCUT2D eigenvalue weighted by atomic mass is 10.2. The highest BCUT2D eigenvalue weighted by molar-refractivity contribution is 9.10. The second-order valence-electron chi connectivity index (χ2n) is 6.83. The number of nitro groups is 1. The Morgan fingerprint density at radius 1 is 1.33 bits per heavy atom. The Bertz CT molecular complexity index is 1530. The van der Waals surface area contributed by atoms with Gasteiger partial charge in [-0.3, -0.25) is 10.1 Å². The van der Waals surface area contributed by atoms with Crippen LogP contribution in [0.3, 0.4) is 0 Å². The molecule has 0 aliphatic rings. The van der Waals surface area contributed by atoms with Gasteiger partial charge < -0.3 is 9.98 Å². The number of halogens is 2. The molecule has 4 rings (SSSR count). The van der Waals surface area contributed by atoms with E-state index in [1.54, 1.807) is 10.8 Å². The molecule has 1 N–H and O–H groups in total. The number of aromatic nitrogens is 2. The van der Waals surface area contributed by atoms with Gasteiger partial charge in [-0.15, -0.1) is 23.1 Å². The zero-order chi connectivity index (χ0) is 23.9. The normalized spacial score (nSPS) is 11.7. The molecule has 4 aromatic rings. The van der Waals surface area contributed by atoms with E-state index < -0.39 is 20.6 Å². The second kappa shape index (κ2) is 8.97. The summed E-state index contributed by atoms with van der Waals surface area (Å²) < 4.78 is 43.5. The van der Waals surface area contributed by atoms with Gasteiger partial charge in [0.05, 0.1) is 42.8 Å². The first-order valence-electron chi connectivity index (χ1n) is 9.16. The molecule has 0 aliphatic heterocycles. The molecule has 2 aromatic carbocycles. The molecule has 0 bridgehead atoms. The van der Waals surface area contributed by atoms with Crippen molar-refractivity contribution < 1.29 is 17.7 Å². The van der Waals surface area contributed by atoms with E-state index in [0.717, 1.165) is 24.4 Å². The molecule has 0 atom stereocenters. The first-order valence-corrected chi connectivity index (χ1v) is 13.5. The zero-order valence-electron chi connectivity index (χ0n) is 16.8. The predicted octanol–water partition coefficient (Wildman–Crippen LogP) is 5.51. The van der Waals surface area contributed by atoms with Gasteiger partial charge in [0, 0.05) is 33.3 Å². The minimum absolute atomic E-state index is 0.0262. The SMILES string of the molecule is CSc1sc(C=N)cc1S(=O)(=O)c1cc(Br)c2c(c1)ncn2Cc1cc([N+](=O)[O-])ccc1F. The van der Waals surface area contributed by atoms with E-state index in [9.17, 15) is 22.9 Å². The van der Waals surface area contributed by atoms with Crippen molar-refractivity contribution in [1.82, 2.24) is 9.55 Å². The fourth-order valence-corrected chi connectivity index (χ4v) is 8.01. The van der Waals surface area contributed by atoms with Crippen molar-refractivity contribution in [2.45, 2.75) is 20.5 Å². The number of rotatable bonds is 7. The lowest BCUT2D eigenvalue weighted by molar-refractivity contribution is -0.385. The van der Waals surface area contributed by atoms with Gasteiger partial charge >= 0.3 is 0 Å². The number of sulfone groups is 1. The highest BCUT2D eigenvalue weighted by Gasteiger charge is 2.26. The highest BCUT2D eigenvalue weighted by Crippen LogP contribution is 2.38. The number of thiophene rings is 1. The average Bonchev–Trinajstić information content (AvgIpc) is 3.39. The molecule has 8 nitrogen and oxygen atoms in total. The van der Waals surface area contributed by atoms with Crippen LogP contribution >= 0.6 is 39.0 Å². The number of imidazole rings is 1. The molecule has 0 saturated carbocycles. The van der Waals surface area contributed by atoms with Crippen LogP contribution in [0.1, 0.15) is 10.4 Å². The zero-order valence-corrected chi connectivity index (χ0v) is 20.8. The maximum atomic E-state index is 14.3. The van der Waals surface area contributed by atoms with Gasteiger partial charge in [-0.05, 0) is 46.5 Å². The maximum Gasteiger partial charge on any atom is 0.269 e. The molecule has 13 heteroatoms. The summed E-state index contributed by atoms with van der Waals surface area (Å²) in [7, 11) is -3.88. The maximum absolute atomic E-state index is 14.3. The number of fused-ring (bicyclic) bond motifs is 1. The van der Waals surface area contributed by atoms with E-state index >= 15 is 0 Å². The fourth-order valence-electron chi connectivity index (χ4n) is 3.29. The van der Waals surface area contributed by atoms with E-state index in [0.29, 0.717) is 24.6 Å². The Kier molecular flexibility index (Phi) is 6.40. The Morgan fingerprint density at radius 2 is 2.09 bits per heavy atom. The van der Waals surface area contributed by atoms with Crippen LogP contribution in [0, 0.1) is 21.3 Å². The van der Waals surface area contributed by atoms with Crippen molar-refractivity contribution in [2.75, 3.05) is 6.26 Å². The van der Waals surface area contributed by atoms with Crippen LogP contribution < -0.4 is 0 Å². The van der Waals surface area contributed by atoms with Gasteiger partial charge in [0.2, 0.25) is 9.84 Å². The van der Waals surface area contributed by atoms with Crippen molar-refractivity contribution in [3.8, 4) is 0 Å². The first-order chi connectivity index (χ1) is 15.6. The van der Waals surface area contributed by atoms with Crippen molar-refractivity contribution in [3.63, 3.8) is 0 Å². The summed E-state index contributed by atoms with van der Waals surface area (Å²) in [6.07, 6.45) is 4.30. The molecule has 0 aliphatic carbocycles. The van der Waals surface area contributed by atoms with E-state index in [1.807, 2.05) is 0 Å². The van der Waals surface area contributed by atoms with Crippen LogP contribution in [-0.4, -0.2) is 35.4 Å². The average molecular weight is 569 g/mol. The quantitative estimate of drug-likeness (QED) is 0.136. The molecule has 0 amide bonds. The number of thioether (sulfide) groups is 1.